The summed E-state index contributed by atoms with van der Waals surface area (Å²) in [5, 5.41) is 0.469. The second-order valence-electron chi connectivity index (χ2n) is 6.27. The molecule has 0 aliphatic heterocycles. The van der Waals surface area contributed by atoms with Gasteiger partial charge in [0.15, 0.2) is 0 Å². The number of carbonyl (C=O) groups excluding carboxylic acids is 2. The fourth-order valence-corrected chi connectivity index (χ4v) is 3.49. The molecule has 4 nitrogen and oxygen atoms in total. The minimum Gasteiger partial charge on any atom is -0.466 e. The van der Waals surface area contributed by atoms with E-state index in [9.17, 15) is 9.59 Å². The summed E-state index contributed by atoms with van der Waals surface area (Å²) in [6.45, 7) is 2.10. The van der Waals surface area contributed by atoms with Crippen LogP contribution in [0.15, 0.2) is 36.4 Å². The van der Waals surface area contributed by atoms with E-state index in [4.69, 9.17) is 21.1 Å². The zero-order valence-electron chi connectivity index (χ0n) is 14.7. The summed E-state index contributed by atoms with van der Waals surface area (Å²) in [6.07, 6.45) is 4.16. The van der Waals surface area contributed by atoms with Crippen LogP contribution in [0.3, 0.4) is 0 Å². The van der Waals surface area contributed by atoms with Crippen LogP contribution in [-0.4, -0.2) is 18.5 Å². The third-order valence-corrected chi connectivity index (χ3v) is 4.73. The Morgan fingerprint density at radius 2 is 1.92 bits per heavy atom. The molecule has 0 saturated carbocycles. The van der Waals surface area contributed by atoms with Crippen molar-refractivity contribution in [3.8, 4) is 5.75 Å². The highest BCUT2D eigenvalue weighted by Crippen LogP contribution is 2.32. The van der Waals surface area contributed by atoms with Gasteiger partial charge in [0, 0.05) is 10.6 Å². The second kappa shape index (κ2) is 8.37. The molecule has 2 aromatic carbocycles. The molecular weight excluding hydrogens is 352 g/mol. The Morgan fingerprint density at radius 1 is 1.12 bits per heavy atom. The van der Waals surface area contributed by atoms with Gasteiger partial charge in [-0.05, 0) is 68.0 Å². The molecule has 0 fully saturated rings. The first-order chi connectivity index (χ1) is 12.6. The molecule has 0 heterocycles. The van der Waals surface area contributed by atoms with E-state index < -0.39 is 5.97 Å². The third kappa shape index (κ3) is 4.25. The topological polar surface area (TPSA) is 52.6 Å². The Hall–Kier alpha value is -2.33. The zero-order valence-corrected chi connectivity index (χ0v) is 15.5. The lowest BCUT2D eigenvalue weighted by atomic mass is 9.86. The summed E-state index contributed by atoms with van der Waals surface area (Å²) >= 11 is 5.95. The number of rotatable bonds is 5. The van der Waals surface area contributed by atoms with Gasteiger partial charge in [-0.25, -0.2) is 4.79 Å². The van der Waals surface area contributed by atoms with E-state index >= 15 is 0 Å². The number of aryl methyl sites for hydroxylation is 1. The number of esters is 2. The molecule has 0 saturated heterocycles. The van der Waals surface area contributed by atoms with Crippen LogP contribution in [0.2, 0.25) is 5.02 Å². The maximum absolute atomic E-state index is 12.5. The Morgan fingerprint density at radius 3 is 2.69 bits per heavy atom. The molecule has 26 heavy (non-hydrogen) atoms. The monoisotopic (exact) mass is 372 g/mol. The van der Waals surface area contributed by atoms with Crippen molar-refractivity contribution in [2.75, 3.05) is 6.61 Å². The SMILES string of the molecule is CCOC(=O)Cc1c(OC(=O)c2cccc(Cl)c2)ccc2c1CCCC2. The number of carbonyl (C=O) groups is 2. The fraction of sp³-hybridized carbons (Fsp3) is 0.333. The van der Waals surface area contributed by atoms with Gasteiger partial charge in [-0.15, -0.1) is 0 Å². The van der Waals surface area contributed by atoms with Crippen molar-refractivity contribution in [3.05, 3.63) is 63.7 Å². The number of fused-ring (bicyclic) bond motifs is 1. The molecule has 136 valence electrons. The van der Waals surface area contributed by atoms with Gasteiger partial charge in [-0.2, -0.15) is 0 Å². The molecule has 0 spiro atoms. The van der Waals surface area contributed by atoms with Gasteiger partial charge in [0.1, 0.15) is 5.75 Å². The van der Waals surface area contributed by atoms with E-state index in [-0.39, 0.29) is 12.4 Å². The van der Waals surface area contributed by atoms with Crippen LogP contribution in [0.4, 0.5) is 0 Å². The van der Waals surface area contributed by atoms with Crippen LogP contribution in [0, 0.1) is 0 Å². The van der Waals surface area contributed by atoms with E-state index in [0.717, 1.165) is 36.8 Å². The normalized spacial score (nSPS) is 13.0. The van der Waals surface area contributed by atoms with Gasteiger partial charge >= 0.3 is 11.9 Å². The first-order valence-corrected chi connectivity index (χ1v) is 9.23. The van der Waals surface area contributed by atoms with Crippen molar-refractivity contribution >= 4 is 23.5 Å². The van der Waals surface area contributed by atoms with Crippen LogP contribution in [0.1, 0.15) is 46.8 Å². The lowest BCUT2D eigenvalue weighted by Crippen LogP contribution is -2.16. The quantitative estimate of drug-likeness (QED) is 0.571. The van der Waals surface area contributed by atoms with Crippen LogP contribution >= 0.6 is 11.6 Å². The Bertz CT molecular complexity index is 829. The minimum absolute atomic E-state index is 0.106. The summed E-state index contributed by atoms with van der Waals surface area (Å²) in [5.41, 5.74) is 3.46. The van der Waals surface area contributed by atoms with E-state index in [1.807, 2.05) is 6.07 Å². The molecule has 0 radical (unpaired) electrons. The van der Waals surface area contributed by atoms with Crippen molar-refractivity contribution in [2.24, 2.45) is 0 Å². The van der Waals surface area contributed by atoms with E-state index in [1.165, 1.54) is 5.56 Å². The molecule has 5 heteroatoms. The predicted octanol–water partition coefficient (Wildman–Crippen LogP) is 4.54. The average molecular weight is 373 g/mol. The van der Waals surface area contributed by atoms with Crippen molar-refractivity contribution in [3.63, 3.8) is 0 Å². The van der Waals surface area contributed by atoms with Crippen molar-refractivity contribution < 1.29 is 19.1 Å². The highest BCUT2D eigenvalue weighted by Gasteiger charge is 2.22. The van der Waals surface area contributed by atoms with Crippen LogP contribution < -0.4 is 4.74 Å². The van der Waals surface area contributed by atoms with E-state index in [2.05, 4.69) is 0 Å². The summed E-state index contributed by atoms with van der Waals surface area (Å²) in [4.78, 5) is 24.6. The van der Waals surface area contributed by atoms with E-state index in [0.29, 0.717) is 22.9 Å². The standard InChI is InChI=1S/C21H21ClO4/c1-2-25-20(23)13-18-17-9-4-3-6-14(17)10-11-19(18)26-21(24)15-7-5-8-16(22)12-15/h5,7-8,10-12H,2-4,6,9,13H2,1H3. The largest absolute Gasteiger partial charge is 0.466 e. The summed E-state index contributed by atoms with van der Waals surface area (Å²) in [7, 11) is 0. The molecule has 3 rings (SSSR count). The van der Waals surface area contributed by atoms with Gasteiger partial charge in [0.05, 0.1) is 18.6 Å². The smallest absolute Gasteiger partial charge is 0.343 e. The highest BCUT2D eigenvalue weighted by atomic mass is 35.5. The molecule has 1 aliphatic rings. The molecule has 0 aromatic heterocycles. The molecule has 0 amide bonds. The Kier molecular flexibility index (Phi) is 5.94. The lowest BCUT2D eigenvalue weighted by molar-refractivity contribution is -0.142. The first-order valence-electron chi connectivity index (χ1n) is 8.85. The Labute approximate surface area is 158 Å². The number of hydrogen-bond acceptors (Lipinski definition) is 4. The molecule has 0 N–H and O–H groups in total. The summed E-state index contributed by atoms with van der Waals surface area (Å²) < 4.78 is 10.7. The number of halogens is 1. The lowest BCUT2D eigenvalue weighted by Gasteiger charge is -2.21. The van der Waals surface area contributed by atoms with Crippen LogP contribution in [0.25, 0.3) is 0 Å². The molecular formula is C21H21ClO4. The average Bonchev–Trinajstić information content (AvgIpc) is 2.64. The maximum atomic E-state index is 12.5. The van der Waals surface area contributed by atoms with Crippen molar-refractivity contribution in [1.82, 2.24) is 0 Å². The predicted molar refractivity (Wildman–Crippen MR) is 99.8 cm³/mol. The van der Waals surface area contributed by atoms with E-state index in [1.54, 1.807) is 37.3 Å². The zero-order chi connectivity index (χ0) is 18.5. The molecule has 2 aromatic rings. The summed E-state index contributed by atoms with van der Waals surface area (Å²) in [6, 6.07) is 10.4. The minimum atomic E-state index is -0.492. The van der Waals surface area contributed by atoms with Gasteiger partial charge in [0.2, 0.25) is 0 Å². The molecule has 0 bridgehead atoms. The van der Waals surface area contributed by atoms with Gasteiger partial charge in [-0.3, -0.25) is 4.79 Å². The molecule has 0 atom stereocenters. The Balaban J connectivity index is 1.92. The second-order valence-corrected chi connectivity index (χ2v) is 6.71. The van der Waals surface area contributed by atoms with Crippen LogP contribution in [-0.2, 0) is 28.8 Å². The van der Waals surface area contributed by atoms with Crippen molar-refractivity contribution in [1.29, 1.82) is 0 Å². The summed E-state index contributed by atoms with van der Waals surface area (Å²) in [5.74, 6) is -0.386. The number of benzene rings is 2. The maximum Gasteiger partial charge on any atom is 0.343 e. The number of hydrogen-bond donors (Lipinski definition) is 0. The molecule has 1 aliphatic carbocycles. The number of ether oxygens (including phenoxy) is 2. The fourth-order valence-electron chi connectivity index (χ4n) is 3.30. The first kappa shape index (κ1) is 18.5. The van der Waals surface area contributed by atoms with Gasteiger partial charge < -0.3 is 9.47 Å². The molecule has 0 unspecified atom stereocenters. The van der Waals surface area contributed by atoms with Crippen LogP contribution in [0.5, 0.6) is 5.75 Å². The third-order valence-electron chi connectivity index (χ3n) is 4.50. The van der Waals surface area contributed by atoms with Gasteiger partial charge in [-0.1, -0.05) is 23.7 Å². The van der Waals surface area contributed by atoms with Gasteiger partial charge in [0.25, 0.3) is 0 Å². The van der Waals surface area contributed by atoms with Crippen molar-refractivity contribution in [2.45, 2.75) is 39.0 Å². The highest BCUT2D eigenvalue weighted by molar-refractivity contribution is 6.30.